The molecule has 0 spiro atoms. The Bertz CT molecular complexity index is 972. The predicted molar refractivity (Wildman–Crippen MR) is 122 cm³/mol. The fourth-order valence-corrected chi connectivity index (χ4v) is 4.04. The first-order valence-corrected chi connectivity index (χ1v) is 11.2. The van der Waals surface area contributed by atoms with Crippen molar-refractivity contribution in [2.45, 2.75) is 40.2 Å². The van der Waals surface area contributed by atoms with Gasteiger partial charge in [0.1, 0.15) is 29.1 Å². The van der Waals surface area contributed by atoms with E-state index < -0.39 is 17.7 Å². The molecule has 1 aliphatic heterocycles. The number of amides is 1. The number of aryl methyl sites for hydroxylation is 1. The molecule has 0 aliphatic carbocycles. The Hall–Kier alpha value is -3.06. The van der Waals surface area contributed by atoms with Gasteiger partial charge in [0.15, 0.2) is 0 Å². The normalized spacial score (nSPS) is 18.0. The van der Waals surface area contributed by atoms with Crippen molar-refractivity contribution in [2.24, 2.45) is 0 Å². The second-order valence-electron chi connectivity index (χ2n) is 7.78. The van der Waals surface area contributed by atoms with Gasteiger partial charge >= 0.3 is 0 Å². The molecule has 1 fully saturated rings. The van der Waals surface area contributed by atoms with Crippen LogP contribution < -0.4 is 4.74 Å². The summed E-state index contributed by atoms with van der Waals surface area (Å²) in [4.78, 5) is 29.8. The van der Waals surface area contributed by atoms with Crippen molar-refractivity contribution in [1.29, 1.82) is 0 Å². The van der Waals surface area contributed by atoms with E-state index >= 15 is 0 Å². The third-order valence-electron chi connectivity index (χ3n) is 5.78. The summed E-state index contributed by atoms with van der Waals surface area (Å²) in [7, 11) is 0. The summed E-state index contributed by atoms with van der Waals surface area (Å²) in [6.45, 7) is 11.5. The highest BCUT2D eigenvalue weighted by atomic mass is 16.5. The molecule has 3 rings (SSSR count). The molecule has 1 aliphatic rings. The number of hydrogen-bond donors (Lipinski definition) is 1. The molecular weight excluding hydrogens is 408 g/mol. The van der Waals surface area contributed by atoms with Gasteiger partial charge in [-0.05, 0) is 76.3 Å². The molecular formula is C25H32N2O5. The number of likely N-dealkylation sites (tertiary alicyclic amines) is 1. The zero-order valence-electron chi connectivity index (χ0n) is 19.3. The number of carbonyl (C=O) groups excluding carboxylic acids is 2. The van der Waals surface area contributed by atoms with Gasteiger partial charge in [-0.2, -0.15) is 0 Å². The fraction of sp³-hybridized carbons (Fsp3) is 0.440. The van der Waals surface area contributed by atoms with Crippen molar-refractivity contribution in [2.75, 3.05) is 32.8 Å². The van der Waals surface area contributed by atoms with Crippen LogP contribution in [0, 0.1) is 6.92 Å². The number of rotatable bonds is 10. The molecule has 0 radical (unpaired) electrons. The second-order valence-corrected chi connectivity index (χ2v) is 7.78. The highest BCUT2D eigenvalue weighted by Gasteiger charge is 2.47. The maximum atomic E-state index is 13.0. The van der Waals surface area contributed by atoms with E-state index in [1.165, 1.54) is 4.90 Å². The van der Waals surface area contributed by atoms with Gasteiger partial charge in [-0.15, -0.1) is 0 Å². The van der Waals surface area contributed by atoms with E-state index in [9.17, 15) is 14.7 Å². The van der Waals surface area contributed by atoms with Crippen LogP contribution in [0.2, 0.25) is 0 Å². The highest BCUT2D eigenvalue weighted by molar-refractivity contribution is 6.46. The molecule has 1 atom stereocenters. The average molecular weight is 441 g/mol. The first-order valence-electron chi connectivity index (χ1n) is 11.2. The Kier molecular flexibility index (Phi) is 7.75. The van der Waals surface area contributed by atoms with E-state index in [0.29, 0.717) is 42.4 Å². The molecule has 1 amide bonds. The largest absolute Gasteiger partial charge is 0.507 e. The Balaban J connectivity index is 1.97. The fourth-order valence-electron chi connectivity index (χ4n) is 4.04. The lowest BCUT2D eigenvalue weighted by atomic mass is 9.99. The molecule has 1 aromatic heterocycles. The zero-order chi connectivity index (χ0) is 23.3. The summed E-state index contributed by atoms with van der Waals surface area (Å²) in [6, 6.07) is 9.61. The molecule has 2 heterocycles. The lowest BCUT2D eigenvalue weighted by molar-refractivity contribution is -0.140. The molecule has 7 heteroatoms. The number of aliphatic hydroxyl groups excluding tert-OH is 1. The van der Waals surface area contributed by atoms with Crippen LogP contribution >= 0.6 is 0 Å². The van der Waals surface area contributed by atoms with Crippen molar-refractivity contribution in [3.63, 3.8) is 0 Å². The quantitative estimate of drug-likeness (QED) is 0.340. The second kappa shape index (κ2) is 10.5. The van der Waals surface area contributed by atoms with Crippen molar-refractivity contribution in [1.82, 2.24) is 9.80 Å². The van der Waals surface area contributed by atoms with Gasteiger partial charge in [0.05, 0.1) is 12.2 Å². The topological polar surface area (TPSA) is 83.2 Å². The highest BCUT2D eigenvalue weighted by Crippen LogP contribution is 2.40. The number of aliphatic hydroxyl groups is 1. The summed E-state index contributed by atoms with van der Waals surface area (Å²) in [5.74, 6) is 0.289. The number of furan rings is 1. The van der Waals surface area contributed by atoms with Gasteiger partial charge in [0.2, 0.25) is 0 Å². The molecule has 172 valence electrons. The number of hydrogen-bond acceptors (Lipinski definition) is 6. The van der Waals surface area contributed by atoms with E-state index in [4.69, 9.17) is 9.15 Å². The minimum atomic E-state index is -0.757. The molecule has 1 aromatic carbocycles. The summed E-state index contributed by atoms with van der Waals surface area (Å²) in [5.41, 5.74) is 0.499. The lowest BCUT2D eigenvalue weighted by Gasteiger charge is -2.25. The van der Waals surface area contributed by atoms with Crippen LogP contribution in [-0.4, -0.2) is 59.4 Å². The maximum absolute atomic E-state index is 13.0. The molecule has 0 bridgehead atoms. The number of Topliss-reactive ketones (excluding diaryl/α,β-unsaturated/α-hetero) is 1. The standard InChI is InChI=1S/C25H32N2O5/c1-5-26(6-2)15-8-16-27-22(20-14-9-17(4)32-20)21(24(29)25(27)30)23(28)18-10-12-19(13-11-18)31-7-3/h9-14,22,28H,5-8,15-16H2,1-4H3/b23-21+. The van der Waals surface area contributed by atoms with Crippen molar-refractivity contribution in [3.8, 4) is 5.75 Å². The maximum Gasteiger partial charge on any atom is 0.295 e. The summed E-state index contributed by atoms with van der Waals surface area (Å²) in [5, 5.41) is 11.1. The van der Waals surface area contributed by atoms with E-state index in [1.807, 2.05) is 13.8 Å². The predicted octanol–water partition coefficient (Wildman–Crippen LogP) is 4.14. The Morgan fingerprint density at radius 3 is 2.34 bits per heavy atom. The molecule has 0 saturated carbocycles. The molecule has 2 aromatic rings. The van der Waals surface area contributed by atoms with E-state index in [2.05, 4.69) is 18.7 Å². The first-order chi connectivity index (χ1) is 15.4. The van der Waals surface area contributed by atoms with Crippen LogP contribution in [0.5, 0.6) is 5.75 Å². The first kappa shape index (κ1) is 23.6. The molecule has 7 nitrogen and oxygen atoms in total. The number of ether oxygens (including phenoxy) is 1. The number of carbonyl (C=O) groups is 2. The van der Waals surface area contributed by atoms with Crippen LogP contribution in [0.4, 0.5) is 0 Å². The van der Waals surface area contributed by atoms with Crippen LogP contribution in [0.3, 0.4) is 0 Å². The minimum Gasteiger partial charge on any atom is -0.507 e. The van der Waals surface area contributed by atoms with Crippen LogP contribution in [0.15, 0.2) is 46.4 Å². The van der Waals surface area contributed by atoms with Gasteiger partial charge in [0.25, 0.3) is 11.7 Å². The van der Waals surface area contributed by atoms with Crippen molar-refractivity contribution < 1.29 is 23.8 Å². The molecule has 1 saturated heterocycles. The molecule has 1 unspecified atom stereocenters. The summed E-state index contributed by atoms with van der Waals surface area (Å²) < 4.78 is 11.3. The third kappa shape index (κ3) is 4.88. The van der Waals surface area contributed by atoms with E-state index in [0.717, 1.165) is 19.6 Å². The molecule has 1 N–H and O–H groups in total. The summed E-state index contributed by atoms with van der Waals surface area (Å²) in [6.07, 6.45) is 0.716. The SMILES string of the molecule is CCOc1ccc(/C(O)=C2\C(=O)C(=O)N(CCCN(CC)CC)C2c2ccc(C)o2)cc1. The third-order valence-corrected chi connectivity index (χ3v) is 5.78. The van der Waals surface area contributed by atoms with Crippen LogP contribution in [0.1, 0.15) is 50.3 Å². The Morgan fingerprint density at radius 2 is 1.78 bits per heavy atom. The van der Waals surface area contributed by atoms with Crippen molar-refractivity contribution >= 4 is 17.4 Å². The van der Waals surface area contributed by atoms with Gasteiger partial charge in [-0.25, -0.2) is 0 Å². The number of nitrogens with zero attached hydrogens (tertiary/aromatic N) is 2. The van der Waals surface area contributed by atoms with Gasteiger partial charge in [0, 0.05) is 12.1 Å². The average Bonchev–Trinajstić information content (AvgIpc) is 3.33. The lowest BCUT2D eigenvalue weighted by Crippen LogP contribution is -2.33. The minimum absolute atomic E-state index is 0.0522. The zero-order valence-corrected chi connectivity index (χ0v) is 19.3. The van der Waals surface area contributed by atoms with E-state index in [-0.39, 0.29) is 11.3 Å². The Labute approximate surface area is 189 Å². The van der Waals surface area contributed by atoms with Gasteiger partial charge in [-0.1, -0.05) is 13.8 Å². The number of benzene rings is 1. The van der Waals surface area contributed by atoms with Gasteiger partial charge < -0.3 is 24.1 Å². The van der Waals surface area contributed by atoms with Gasteiger partial charge in [-0.3, -0.25) is 9.59 Å². The van der Waals surface area contributed by atoms with Crippen LogP contribution in [0.25, 0.3) is 5.76 Å². The Morgan fingerprint density at radius 1 is 1.09 bits per heavy atom. The van der Waals surface area contributed by atoms with Crippen LogP contribution in [-0.2, 0) is 9.59 Å². The monoisotopic (exact) mass is 440 g/mol. The van der Waals surface area contributed by atoms with Crippen molar-refractivity contribution in [3.05, 3.63) is 59.1 Å². The smallest absolute Gasteiger partial charge is 0.295 e. The molecule has 32 heavy (non-hydrogen) atoms. The number of ketones is 1. The van der Waals surface area contributed by atoms with E-state index in [1.54, 1.807) is 36.4 Å². The summed E-state index contributed by atoms with van der Waals surface area (Å²) >= 11 is 0.